The second-order valence-electron chi connectivity index (χ2n) is 6.93. The minimum atomic E-state index is -0.636. The summed E-state index contributed by atoms with van der Waals surface area (Å²) in [4.78, 5) is 0. The molecule has 5 atom stereocenters. The van der Waals surface area contributed by atoms with Gasteiger partial charge in [0, 0.05) is 5.92 Å². The maximum Gasteiger partial charge on any atom is 0.188 e. The first-order valence-electron chi connectivity index (χ1n) is 7.83. The molecule has 1 unspecified atom stereocenters. The second kappa shape index (κ2) is 5.85. The highest BCUT2D eigenvalue weighted by Crippen LogP contribution is 2.43. The standard InChI is InChI=1S/C16H26O6/c1-6-7-17-8-10-12(11-9-18-15(2,3)20-11)19-14-13(10)21-16(4,5)22-14/h6,10-14H,1,7-9H2,2-5H3/t10-,11?,12+,13-,14-/m1/s1. The fraction of sp³-hybridized carbons (Fsp3) is 0.875. The average Bonchev–Trinajstić information content (AvgIpc) is 3.01. The molecule has 6 nitrogen and oxygen atoms in total. The molecule has 3 aliphatic heterocycles. The van der Waals surface area contributed by atoms with Gasteiger partial charge in [0.25, 0.3) is 0 Å². The minimum absolute atomic E-state index is 0.0363. The van der Waals surface area contributed by atoms with Gasteiger partial charge in [0.2, 0.25) is 0 Å². The van der Waals surface area contributed by atoms with Crippen LogP contribution in [-0.4, -0.2) is 56.0 Å². The van der Waals surface area contributed by atoms with Gasteiger partial charge in [-0.15, -0.1) is 6.58 Å². The summed E-state index contributed by atoms with van der Waals surface area (Å²) in [5.41, 5.74) is 0. The first-order chi connectivity index (χ1) is 10.3. The number of rotatable bonds is 5. The molecule has 0 aliphatic carbocycles. The van der Waals surface area contributed by atoms with Gasteiger partial charge in [-0.25, -0.2) is 0 Å². The molecule has 0 spiro atoms. The number of hydrogen-bond acceptors (Lipinski definition) is 6. The van der Waals surface area contributed by atoms with Gasteiger partial charge < -0.3 is 28.4 Å². The van der Waals surface area contributed by atoms with Crippen molar-refractivity contribution in [2.45, 2.75) is 63.9 Å². The molecule has 126 valence electrons. The summed E-state index contributed by atoms with van der Waals surface area (Å²) >= 11 is 0. The highest BCUT2D eigenvalue weighted by Gasteiger charge is 2.58. The van der Waals surface area contributed by atoms with Crippen molar-refractivity contribution < 1.29 is 28.4 Å². The molecule has 0 N–H and O–H groups in total. The van der Waals surface area contributed by atoms with Gasteiger partial charge in [-0.1, -0.05) is 6.08 Å². The lowest BCUT2D eigenvalue weighted by atomic mass is 9.95. The predicted octanol–water partition coefficient (Wildman–Crippen LogP) is 1.83. The van der Waals surface area contributed by atoms with Crippen LogP contribution < -0.4 is 0 Å². The molecule has 3 fully saturated rings. The smallest absolute Gasteiger partial charge is 0.188 e. The summed E-state index contributed by atoms with van der Waals surface area (Å²) in [5, 5.41) is 0. The summed E-state index contributed by atoms with van der Waals surface area (Å²) < 4.78 is 35.2. The third kappa shape index (κ3) is 3.22. The quantitative estimate of drug-likeness (QED) is 0.570. The Hall–Kier alpha value is -0.500. The Labute approximate surface area is 131 Å². The van der Waals surface area contributed by atoms with Crippen molar-refractivity contribution in [3.8, 4) is 0 Å². The topological polar surface area (TPSA) is 55.4 Å². The zero-order chi connectivity index (χ0) is 16.0. The van der Waals surface area contributed by atoms with Crippen LogP contribution in [0.5, 0.6) is 0 Å². The molecule has 0 aromatic heterocycles. The molecule has 3 saturated heterocycles. The first kappa shape index (κ1) is 16.4. The van der Waals surface area contributed by atoms with Crippen molar-refractivity contribution >= 4 is 0 Å². The fourth-order valence-electron chi connectivity index (χ4n) is 3.31. The lowest BCUT2D eigenvalue weighted by Crippen LogP contribution is -2.41. The fourth-order valence-corrected chi connectivity index (χ4v) is 3.31. The van der Waals surface area contributed by atoms with Gasteiger partial charge in [0.05, 0.1) is 25.9 Å². The van der Waals surface area contributed by atoms with Crippen LogP contribution >= 0.6 is 0 Å². The Balaban J connectivity index is 1.71. The summed E-state index contributed by atoms with van der Waals surface area (Å²) in [6.45, 7) is 12.8. The zero-order valence-electron chi connectivity index (χ0n) is 13.7. The molecule has 0 aromatic rings. The van der Waals surface area contributed by atoms with E-state index in [0.717, 1.165) is 0 Å². The number of hydrogen-bond donors (Lipinski definition) is 0. The van der Waals surface area contributed by atoms with Crippen LogP contribution in [0.1, 0.15) is 27.7 Å². The molecular weight excluding hydrogens is 288 g/mol. The van der Waals surface area contributed by atoms with Crippen molar-refractivity contribution in [3.05, 3.63) is 12.7 Å². The Morgan fingerprint density at radius 3 is 2.50 bits per heavy atom. The van der Waals surface area contributed by atoms with Gasteiger partial charge in [-0.05, 0) is 27.7 Å². The van der Waals surface area contributed by atoms with Gasteiger partial charge in [0.1, 0.15) is 12.2 Å². The molecular formula is C16H26O6. The maximum absolute atomic E-state index is 6.08. The Kier molecular flexibility index (Phi) is 4.35. The van der Waals surface area contributed by atoms with E-state index in [4.69, 9.17) is 28.4 Å². The van der Waals surface area contributed by atoms with Crippen LogP contribution in [-0.2, 0) is 28.4 Å². The van der Waals surface area contributed by atoms with Crippen LogP contribution in [0, 0.1) is 5.92 Å². The molecule has 3 heterocycles. The second-order valence-corrected chi connectivity index (χ2v) is 6.93. The summed E-state index contributed by atoms with van der Waals surface area (Å²) in [5.74, 6) is -1.18. The van der Waals surface area contributed by atoms with E-state index in [-0.39, 0.29) is 30.5 Å². The van der Waals surface area contributed by atoms with Gasteiger partial charge in [-0.3, -0.25) is 0 Å². The van der Waals surface area contributed by atoms with Crippen molar-refractivity contribution in [2.75, 3.05) is 19.8 Å². The summed E-state index contributed by atoms with van der Waals surface area (Å²) in [7, 11) is 0. The molecule has 0 aromatic carbocycles. The van der Waals surface area contributed by atoms with Crippen LogP contribution in [0.25, 0.3) is 0 Å². The van der Waals surface area contributed by atoms with Crippen molar-refractivity contribution in [1.29, 1.82) is 0 Å². The molecule has 0 amide bonds. The normalized spacial score (nSPS) is 42.5. The summed E-state index contributed by atoms with van der Waals surface area (Å²) in [6, 6.07) is 0. The third-order valence-corrected chi connectivity index (χ3v) is 4.17. The monoisotopic (exact) mass is 314 g/mol. The highest BCUT2D eigenvalue weighted by molar-refractivity contribution is 4.97. The Morgan fingerprint density at radius 1 is 1.09 bits per heavy atom. The van der Waals surface area contributed by atoms with Crippen LogP contribution in [0.4, 0.5) is 0 Å². The Bertz CT molecular complexity index is 421. The van der Waals surface area contributed by atoms with E-state index >= 15 is 0 Å². The molecule has 0 bridgehead atoms. The van der Waals surface area contributed by atoms with E-state index in [1.165, 1.54) is 0 Å². The molecule has 3 rings (SSSR count). The molecule has 0 saturated carbocycles. The van der Waals surface area contributed by atoms with E-state index in [2.05, 4.69) is 6.58 Å². The van der Waals surface area contributed by atoms with Crippen molar-refractivity contribution in [1.82, 2.24) is 0 Å². The van der Waals surface area contributed by atoms with E-state index in [9.17, 15) is 0 Å². The Morgan fingerprint density at radius 2 is 1.86 bits per heavy atom. The molecule has 3 aliphatic rings. The van der Waals surface area contributed by atoms with E-state index in [1.54, 1.807) is 6.08 Å². The van der Waals surface area contributed by atoms with Gasteiger partial charge in [-0.2, -0.15) is 0 Å². The lowest BCUT2D eigenvalue weighted by Gasteiger charge is -2.28. The highest BCUT2D eigenvalue weighted by atomic mass is 16.8. The summed E-state index contributed by atoms with van der Waals surface area (Å²) in [6.07, 6.45) is 0.879. The maximum atomic E-state index is 6.08. The first-order valence-corrected chi connectivity index (χ1v) is 7.83. The van der Waals surface area contributed by atoms with Crippen molar-refractivity contribution in [2.24, 2.45) is 5.92 Å². The largest absolute Gasteiger partial charge is 0.377 e. The van der Waals surface area contributed by atoms with Gasteiger partial charge in [0.15, 0.2) is 17.9 Å². The average molecular weight is 314 g/mol. The SMILES string of the molecule is C=CCOC[C@H]1[C@H]2OC(C)(C)O[C@H]2O[C@@H]1C1COC(C)(C)O1. The van der Waals surface area contributed by atoms with E-state index in [1.807, 2.05) is 27.7 Å². The predicted molar refractivity (Wildman–Crippen MR) is 78.1 cm³/mol. The van der Waals surface area contributed by atoms with Crippen LogP contribution in [0.3, 0.4) is 0 Å². The van der Waals surface area contributed by atoms with Crippen molar-refractivity contribution in [3.63, 3.8) is 0 Å². The van der Waals surface area contributed by atoms with Crippen LogP contribution in [0.15, 0.2) is 12.7 Å². The van der Waals surface area contributed by atoms with Crippen LogP contribution in [0.2, 0.25) is 0 Å². The minimum Gasteiger partial charge on any atom is -0.377 e. The third-order valence-electron chi connectivity index (χ3n) is 4.17. The number of ether oxygens (including phenoxy) is 6. The molecule has 22 heavy (non-hydrogen) atoms. The van der Waals surface area contributed by atoms with E-state index in [0.29, 0.717) is 19.8 Å². The zero-order valence-corrected chi connectivity index (χ0v) is 13.7. The number of fused-ring (bicyclic) bond motifs is 1. The molecule has 6 heteroatoms. The van der Waals surface area contributed by atoms with Gasteiger partial charge >= 0.3 is 0 Å². The van der Waals surface area contributed by atoms with E-state index < -0.39 is 11.6 Å². The lowest BCUT2D eigenvalue weighted by molar-refractivity contribution is -0.229. The molecule has 0 radical (unpaired) electrons.